The fourth-order valence-corrected chi connectivity index (χ4v) is 2.75. The summed E-state index contributed by atoms with van der Waals surface area (Å²) in [7, 11) is 0. The van der Waals surface area contributed by atoms with E-state index in [0.717, 1.165) is 36.1 Å². The molecule has 2 rings (SSSR count). The number of hydrogen-bond acceptors (Lipinski definition) is 3. The summed E-state index contributed by atoms with van der Waals surface area (Å²) in [6, 6.07) is 5.95. The van der Waals surface area contributed by atoms with E-state index < -0.39 is 5.60 Å². The van der Waals surface area contributed by atoms with Gasteiger partial charge >= 0.3 is 0 Å². The second-order valence-corrected chi connectivity index (χ2v) is 6.20. The Kier molecular flexibility index (Phi) is 5.43. The van der Waals surface area contributed by atoms with Crippen molar-refractivity contribution in [2.24, 2.45) is 5.73 Å². The van der Waals surface area contributed by atoms with E-state index in [1.165, 1.54) is 11.1 Å². The van der Waals surface area contributed by atoms with Crippen molar-refractivity contribution < 1.29 is 9.84 Å². The van der Waals surface area contributed by atoms with Gasteiger partial charge in [-0.25, -0.2) is 0 Å². The van der Waals surface area contributed by atoms with E-state index in [1.807, 2.05) is 18.2 Å². The molecule has 3 nitrogen and oxygen atoms in total. The van der Waals surface area contributed by atoms with Gasteiger partial charge in [0.25, 0.3) is 0 Å². The third-order valence-corrected chi connectivity index (χ3v) is 3.92. The largest absolute Gasteiger partial charge is 0.493 e. The quantitative estimate of drug-likeness (QED) is 0.890. The van der Waals surface area contributed by atoms with Gasteiger partial charge in [-0.3, -0.25) is 0 Å². The minimum atomic E-state index is -0.866. The van der Waals surface area contributed by atoms with E-state index in [0.29, 0.717) is 13.2 Å². The SMILES string of the molecule is CC/C=C1\CCOc2ccc(C(C)(C)O)cc2\C1=C\CCN. The van der Waals surface area contributed by atoms with Crippen LogP contribution in [0, 0.1) is 0 Å². The summed E-state index contributed by atoms with van der Waals surface area (Å²) in [5.74, 6) is 0.885. The molecule has 0 unspecified atom stereocenters. The molecule has 120 valence electrons. The average molecular weight is 301 g/mol. The first kappa shape index (κ1) is 16.8. The van der Waals surface area contributed by atoms with Gasteiger partial charge in [-0.05, 0) is 62.1 Å². The van der Waals surface area contributed by atoms with Crippen LogP contribution in [0.2, 0.25) is 0 Å². The van der Waals surface area contributed by atoms with Gasteiger partial charge in [0, 0.05) is 12.0 Å². The highest BCUT2D eigenvalue weighted by atomic mass is 16.5. The Morgan fingerprint density at radius 3 is 2.73 bits per heavy atom. The summed E-state index contributed by atoms with van der Waals surface area (Å²) in [5, 5.41) is 10.3. The number of hydrogen-bond donors (Lipinski definition) is 2. The predicted octanol–water partition coefficient (Wildman–Crippen LogP) is 3.77. The first-order chi connectivity index (χ1) is 10.5. The van der Waals surface area contributed by atoms with Gasteiger partial charge in [0.2, 0.25) is 0 Å². The lowest BCUT2D eigenvalue weighted by Crippen LogP contribution is -2.15. The van der Waals surface area contributed by atoms with Crippen molar-refractivity contribution in [3.63, 3.8) is 0 Å². The summed E-state index contributed by atoms with van der Waals surface area (Å²) >= 11 is 0. The normalized spacial score (nSPS) is 19.0. The molecule has 0 bridgehead atoms. The molecule has 3 heteroatoms. The van der Waals surface area contributed by atoms with Gasteiger partial charge in [0.15, 0.2) is 0 Å². The predicted molar refractivity (Wildman–Crippen MR) is 91.8 cm³/mol. The van der Waals surface area contributed by atoms with Crippen LogP contribution in [0.5, 0.6) is 5.75 Å². The molecule has 1 aromatic carbocycles. The van der Waals surface area contributed by atoms with Crippen molar-refractivity contribution in [3.05, 3.63) is 47.1 Å². The van der Waals surface area contributed by atoms with E-state index in [4.69, 9.17) is 10.5 Å². The lowest BCUT2D eigenvalue weighted by atomic mass is 9.89. The number of benzene rings is 1. The highest BCUT2D eigenvalue weighted by Crippen LogP contribution is 2.38. The van der Waals surface area contributed by atoms with Crippen LogP contribution >= 0.6 is 0 Å². The summed E-state index contributed by atoms with van der Waals surface area (Å²) in [6.07, 6.45) is 7.19. The Morgan fingerprint density at radius 1 is 1.32 bits per heavy atom. The maximum absolute atomic E-state index is 10.3. The highest BCUT2D eigenvalue weighted by molar-refractivity contribution is 5.83. The minimum Gasteiger partial charge on any atom is -0.493 e. The second kappa shape index (κ2) is 7.12. The summed E-state index contributed by atoms with van der Waals surface area (Å²) < 4.78 is 5.91. The Labute approximate surface area is 133 Å². The number of aliphatic hydroxyl groups is 1. The molecular formula is C19H27NO2. The van der Waals surface area contributed by atoms with Crippen LogP contribution in [-0.2, 0) is 5.60 Å². The zero-order valence-electron chi connectivity index (χ0n) is 13.9. The molecule has 0 aromatic heterocycles. The van der Waals surface area contributed by atoms with Crippen LogP contribution in [0.4, 0.5) is 0 Å². The van der Waals surface area contributed by atoms with Crippen LogP contribution in [0.3, 0.4) is 0 Å². The van der Waals surface area contributed by atoms with Crippen molar-refractivity contribution in [2.45, 2.75) is 45.6 Å². The average Bonchev–Trinajstić information content (AvgIpc) is 2.63. The lowest BCUT2D eigenvalue weighted by Gasteiger charge is -2.20. The van der Waals surface area contributed by atoms with Crippen molar-refractivity contribution in [3.8, 4) is 5.75 Å². The Morgan fingerprint density at radius 2 is 2.09 bits per heavy atom. The molecule has 0 saturated carbocycles. The molecule has 0 fully saturated rings. The minimum absolute atomic E-state index is 0.629. The molecule has 0 aliphatic carbocycles. The van der Waals surface area contributed by atoms with Crippen molar-refractivity contribution in [1.82, 2.24) is 0 Å². The molecule has 0 spiro atoms. The van der Waals surface area contributed by atoms with Crippen molar-refractivity contribution in [1.29, 1.82) is 0 Å². The molecule has 1 aliphatic heterocycles. The third-order valence-electron chi connectivity index (χ3n) is 3.92. The van der Waals surface area contributed by atoms with Gasteiger partial charge in [0.05, 0.1) is 12.2 Å². The van der Waals surface area contributed by atoms with Crippen LogP contribution in [0.15, 0.2) is 35.9 Å². The fraction of sp³-hybridized carbons (Fsp3) is 0.474. The van der Waals surface area contributed by atoms with E-state index in [-0.39, 0.29) is 0 Å². The van der Waals surface area contributed by atoms with Gasteiger partial charge in [-0.1, -0.05) is 25.1 Å². The zero-order valence-corrected chi connectivity index (χ0v) is 13.9. The summed E-state index contributed by atoms with van der Waals surface area (Å²) in [5.41, 5.74) is 9.28. The van der Waals surface area contributed by atoms with E-state index in [1.54, 1.807) is 13.8 Å². The summed E-state index contributed by atoms with van der Waals surface area (Å²) in [4.78, 5) is 0. The molecule has 1 aromatic rings. The molecular weight excluding hydrogens is 274 g/mol. The molecule has 0 saturated heterocycles. The smallest absolute Gasteiger partial charge is 0.127 e. The first-order valence-corrected chi connectivity index (χ1v) is 8.07. The molecule has 0 radical (unpaired) electrons. The molecule has 3 N–H and O–H groups in total. The van der Waals surface area contributed by atoms with Crippen LogP contribution < -0.4 is 10.5 Å². The fourth-order valence-electron chi connectivity index (χ4n) is 2.75. The van der Waals surface area contributed by atoms with E-state index >= 15 is 0 Å². The van der Waals surface area contributed by atoms with Gasteiger partial charge in [-0.2, -0.15) is 0 Å². The van der Waals surface area contributed by atoms with Crippen LogP contribution in [-0.4, -0.2) is 18.3 Å². The van der Waals surface area contributed by atoms with Crippen molar-refractivity contribution in [2.75, 3.05) is 13.2 Å². The van der Waals surface area contributed by atoms with E-state index in [9.17, 15) is 5.11 Å². The first-order valence-electron chi connectivity index (χ1n) is 8.07. The monoisotopic (exact) mass is 301 g/mol. The molecule has 0 atom stereocenters. The number of rotatable bonds is 4. The van der Waals surface area contributed by atoms with Crippen LogP contribution in [0.25, 0.3) is 5.57 Å². The highest BCUT2D eigenvalue weighted by Gasteiger charge is 2.22. The number of nitrogens with two attached hydrogens (primary N) is 1. The Hall–Kier alpha value is -1.58. The zero-order chi connectivity index (χ0) is 16.2. The third kappa shape index (κ3) is 3.79. The Balaban J connectivity index is 2.58. The topological polar surface area (TPSA) is 55.5 Å². The molecule has 22 heavy (non-hydrogen) atoms. The van der Waals surface area contributed by atoms with E-state index in [2.05, 4.69) is 19.1 Å². The standard InChI is InChI=1S/C19H27NO2/c1-4-6-14-10-12-22-18-9-8-15(19(2,3)21)13-17(18)16(14)7-5-11-20/h6-9,13,21H,4-5,10-12,20H2,1-3H3/b14-6+,16-7+. The Bertz CT molecular complexity index is 580. The van der Waals surface area contributed by atoms with Gasteiger partial charge in [-0.15, -0.1) is 0 Å². The lowest BCUT2D eigenvalue weighted by molar-refractivity contribution is 0.0785. The molecule has 1 aliphatic rings. The number of allylic oxidation sites excluding steroid dienone is 2. The molecule has 0 amide bonds. The summed E-state index contributed by atoms with van der Waals surface area (Å²) in [6.45, 7) is 7.06. The van der Waals surface area contributed by atoms with Gasteiger partial charge < -0.3 is 15.6 Å². The maximum atomic E-state index is 10.3. The number of ether oxygens (including phenoxy) is 1. The van der Waals surface area contributed by atoms with Gasteiger partial charge in [0.1, 0.15) is 5.75 Å². The van der Waals surface area contributed by atoms with Crippen molar-refractivity contribution >= 4 is 5.57 Å². The number of fused-ring (bicyclic) bond motifs is 1. The van der Waals surface area contributed by atoms with Crippen LogP contribution in [0.1, 0.15) is 51.2 Å². The maximum Gasteiger partial charge on any atom is 0.127 e. The second-order valence-electron chi connectivity index (χ2n) is 6.20. The molecule has 1 heterocycles.